The molecule has 3 aromatic carbocycles. The smallest absolute Gasteiger partial charge is 0.316 e. The van der Waals surface area contributed by atoms with Crippen LogP contribution in [-0.2, 0) is 21.4 Å². The maximum absolute atomic E-state index is 12.9. The zero-order chi connectivity index (χ0) is 23.5. The van der Waals surface area contributed by atoms with Crippen molar-refractivity contribution in [3.05, 3.63) is 89.5 Å². The minimum Gasteiger partial charge on any atom is -0.493 e. The molecule has 1 N–H and O–H groups in total. The molecule has 1 aliphatic heterocycles. The lowest BCUT2D eigenvalue weighted by molar-refractivity contribution is -0.150. The van der Waals surface area contributed by atoms with Crippen LogP contribution in [0.1, 0.15) is 55.4 Å². The Balaban J connectivity index is 1.32. The van der Waals surface area contributed by atoms with E-state index in [1.807, 2.05) is 43.3 Å². The van der Waals surface area contributed by atoms with Gasteiger partial charge in [0.1, 0.15) is 5.75 Å². The van der Waals surface area contributed by atoms with E-state index in [1.54, 1.807) is 0 Å². The van der Waals surface area contributed by atoms with Gasteiger partial charge >= 0.3 is 5.97 Å². The quantitative estimate of drug-likeness (QED) is 0.461. The van der Waals surface area contributed by atoms with Gasteiger partial charge < -0.3 is 14.6 Å². The summed E-state index contributed by atoms with van der Waals surface area (Å²) >= 11 is 0. The third-order valence-electron chi connectivity index (χ3n) is 7.47. The maximum atomic E-state index is 12.9. The summed E-state index contributed by atoms with van der Waals surface area (Å²) in [5.74, 6) is 0.531. The van der Waals surface area contributed by atoms with Crippen LogP contribution in [-0.4, -0.2) is 24.3 Å². The van der Waals surface area contributed by atoms with Crippen molar-refractivity contribution >= 4 is 5.97 Å². The van der Waals surface area contributed by atoms with Crippen LogP contribution in [0.25, 0.3) is 11.1 Å². The van der Waals surface area contributed by atoms with Gasteiger partial charge in [-0.1, -0.05) is 79.6 Å². The second-order valence-electron chi connectivity index (χ2n) is 9.55. The maximum Gasteiger partial charge on any atom is 0.316 e. The lowest BCUT2D eigenvalue weighted by Crippen LogP contribution is -2.35. The number of aliphatic hydroxyl groups is 1. The molecular weight excluding hydrogens is 424 g/mol. The van der Waals surface area contributed by atoms with E-state index in [0.29, 0.717) is 19.0 Å². The summed E-state index contributed by atoms with van der Waals surface area (Å²) in [6, 6.07) is 24.8. The summed E-state index contributed by atoms with van der Waals surface area (Å²) in [5, 5.41) is 11.2. The fourth-order valence-corrected chi connectivity index (χ4v) is 5.54. The Morgan fingerprint density at radius 1 is 1.00 bits per heavy atom. The van der Waals surface area contributed by atoms with Crippen molar-refractivity contribution in [1.82, 2.24) is 0 Å². The van der Waals surface area contributed by atoms with Gasteiger partial charge in [-0.15, -0.1) is 0 Å². The first-order valence-electron chi connectivity index (χ1n) is 12.4. The zero-order valence-corrected chi connectivity index (χ0v) is 19.7. The number of hydrogen-bond acceptors (Lipinski definition) is 4. The topological polar surface area (TPSA) is 55.8 Å². The number of carbonyl (C=O) groups is 1. The highest BCUT2D eigenvalue weighted by atomic mass is 16.5. The van der Waals surface area contributed by atoms with E-state index < -0.39 is 11.5 Å². The van der Waals surface area contributed by atoms with Gasteiger partial charge in [0.05, 0.1) is 24.7 Å². The second kappa shape index (κ2) is 9.63. The molecule has 0 unspecified atom stereocenters. The lowest BCUT2D eigenvalue weighted by atomic mass is 9.77. The molecule has 2 aliphatic rings. The molecule has 1 heterocycles. The molecular formula is C30H32O4. The molecule has 5 rings (SSSR count). The molecule has 1 fully saturated rings. The van der Waals surface area contributed by atoms with Crippen molar-refractivity contribution in [3.63, 3.8) is 0 Å². The highest BCUT2D eigenvalue weighted by Crippen LogP contribution is 2.46. The predicted octanol–water partition coefficient (Wildman–Crippen LogP) is 6.01. The summed E-state index contributed by atoms with van der Waals surface area (Å²) in [7, 11) is 0. The van der Waals surface area contributed by atoms with Crippen LogP contribution in [0.4, 0.5) is 0 Å². The highest BCUT2D eigenvalue weighted by molar-refractivity contribution is 5.84. The SMILES string of the molecule is CCOC(=O)C1(c2ccc3c(c2)OC[C@H](Cc2ccc(-c4ccccc4)cc2)[C@H]3O)CCCC1. The molecule has 0 amide bonds. The van der Waals surface area contributed by atoms with Crippen LogP contribution in [0.3, 0.4) is 0 Å². The Morgan fingerprint density at radius 3 is 2.41 bits per heavy atom. The Morgan fingerprint density at radius 2 is 1.71 bits per heavy atom. The van der Waals surface area contributed by atoms with E-state index in [1.165, 1.54) is 16.7 Å². The number of aliphatic hydroxyl groups excluding tert-OH is 1. The van der Waals surface area contributed by atoms with E-state index in [0.717, 1.165) is 43.2 Å². The fraction of sp³-hybridized carbons (Fsp3) is 0.367. The van der Waals surface area contributed by atoms with Crippen molar-refractivity contribution in [2.45, 2.75) is 50.5 Å². The van der Waals surface area contributed by atoms with Gasteiger partial charge in [0.2, 0.25) is 0 Å². The molecule has 1 saturated carbocycles. The minimum absolute atomic E-state index is 0.0218. The zero-order valence-electron chi connectivity index (χ0n) is 19.7. The van der Waals surface area contributed by atoms with Crippen LogP contribution < -0.4 is 4.74 Å². The summed E-state index contributed by atoms with van der Waals surface area (Å²) in [5.41, 5.74) is 4.73. The van der Waals surface area contributed by atoms with Crippen LogP contribution >= 0.6 is 0 Å². The van der Waals surface area contributed by atoms with E-state index in [2.05, 4.69) is 36.4 Å². The van der Waals surface area contributed by atoms with E-state index in [4.69, 9.17) is 9.47 Å². The Hall–Kier alpha value is -3.11. The van der Waals surface area contributed by atoms with E-state index in [-0.39, 0.29) is 11.9 Å². The number of hydrogen-bond donors (Lipinski definition) is 1. The largest absolute Gasteiger partial charge is 0.493 e. The van der Waals surface area contributed by atoms with Crippen molar-refractivity contribution in [1.29, 1.82) is 0 Å². The number of rotatable bonds is 6. The summed E-state index contributed by atoms with van der Waals surface area (Å²) in [4.78, 5) is 12.9. The summed E-state index contributed by atoms with van der Waals surface area (Å²) < 4.78 is 11.6. The first-order valence-corrected chi connectivity index (χ1v) is 12.4. The van der Waals surface area contributed by atoms with Gasteiger partial charge in [-0.05, 0) is 54.5 Å². The van der Waals surface area contributed by atoms with Crippen LogP contribution in [0.2, 0.25) is 0 Å². The van der Waals surface area contributed by atoms with Crippen molar-refractivity contribution in [2.24, 2.45) is 5.92 Å². The molecule has 0 aromatic heterocycles. The molecule has 176 valence electrons. The monoisotopic (exact) mass is 456 g/mol. The van der Waals surface area contributed by atoms with Gasteiger partial charge in [-0.2, -0.15) is 0 Å². The van der Waals surface area contributed by atoms with Crippen LogP contribution in [0.5, 0.6) is 5.75 Å². The number of esters is 1. The Kier molecular flexibility index (Phi) is 6.42. The summed E-state index contributed by atoms with van der Waals surface area (Å²) in [6.07, 6.45) is 3.77. The Labute approximate surface area is 201 Å². The molecule has 0 spiro atoms. The third kappa shape index (κ3) is 4.23. The molecule has 0 bridgehead atoms. The van der Waals surface area contributed by atoms with Crippen LogP contribution in [0, 0.1) is 5.92 Å². The molecule has 3 aromatic rings. The summed E-state index contributed by atoms with van der Waals surface area (Å²) in [6.45, 7) is 2.68. The average molecular weight is 457 g/mol. The van der Waals surface area contributed by atoms with Gasteiger partial charge in [-0.3, -0.25) is 4.79 Å². The van der Waals surface area contributed by atoms with E-state index >= 15 is 0 Å². The lowest BCUT2D eigenvalue weighted by Gasteiger charge is -2.33. The van der Waals surface area contributed by atoms with Gasteiger partial charge in [0.15, 0.2) is 0 Å². The van der Waals surface area contributed by atoms with Gasteiger partial charge in [0, 0.05) is 11.5 Å². The molecule has 2 atom stereocenters. The molecule has 0 saturated heterocycles. The highest BCUT2D eigenvalue weighted by Gasteiger charge is 2.45. The number of fused-ring (bicyclic) bond motifs is 1. The van der Waals surface area contributed by atoms with Gasteiger partial charge in [-0.25, -0.2) is 0 Å². The van der Waals surface area contributed by atoms with E-state index in [9.17, 15) is 9.90 Å². The second-order valence-corrected chi connectivity index (χ2v) is 9.55. The molecule has 4 nitrogen and oxygen atoms in total. The number of ether oxygens (including phenoxy) is 2. The third-order valence-corrected chi connectivity index (χ3v) is 7.47. The van der Waals surface area contributed by atoms with Gasteiger partial charge in [0.25, 0.3) is 0 Å². The number of benzene rings is 3. The average Bonchev–Trinajstić information content (AvgIpc) is 3.38. The normalized spacial score (nSPS) is 20.9. The Bertz CT molecular complexity index is 1130. The van der Waals surface area contributed by atoms with Crippen molar-refractivity contribution < 1.29 is 19.4 Å². The predicted molar refractivity (Wildman–Crippen MR) is 133 cm³/mol. The fourth-order valence-electron chi connectivity index (χ4n) is 5.54. The molecule has 0 radical (unpaired) electrons. The first-order chi connectivity index (χ1) is 16.6. The van der Waals surface area contributed by atoms with Crippen molar-refractivity contribution in [3.8, 4) is 16.9 Å². The molecule has 4 heteroatoms. The molecule has 1 aliphatic carbocycles. The van der Waals surface area contributed by atoms with Crippen LogP contribution in [0.15, 0.2) is 72.8 Å². The molecule has 34 heavy (non-hydrogen) atoms. The number of carbonyl (C=O) groups excluding carboxylic acids is 1. The standard InChI is InChI=1S/C30H32O4/c1-2-33-29(32)30(16-6-7-17-30)25-14-15-26-27(19-25)34-20-24(28(26)31)18-21-10-12-23(13-11-21)22-8-4-3-5-9-22/h3-5,8-15,19,24,28,31H,2,6-7,16-18,20H2,1H3/t24-,28+/m0/s1. The van der Waals surface area contributed by atoms with Crippen molar-refractivity contribution in [2.75, 3.05) is 13.2 Å². The first kappa shape index (κ1) is 22.7. The minimum atomic E-state index is -0.603.